The Labute approximate surface area is 125 Å². The number of hydrogen-bond acceptors (Lipinski definition) is 3. The first-order valence-electron chi connectivity index (χ1n) is 7.66. The Hall–Kier alpha value is -1.94. The summed E-state index contributed by atoms with van der Waals surface area (Å²) in [6, 6.07) is 12.1. The number of rotatable bonds is 4. The first-order chi connectivity index (χ1) is 10.3. The second kappa shape index (κ2) is 6.22. The molecule has 1 unspecified atom stereocenters. The molecule has 1 aromatic carbocycles. The van der Waals surface area contributed by atoms with Gasteiger partial charge in [0, 0.05) is 24.5 Å². The van der Waals surface area contributed by atoms with E-state index in [1.54, 1.807) is 0 Å². The van der Waals surface area contributed by atoms with E-state index >= 15 is 0 Å². The number of nitrogens with zero attached hydrogens (tertiary/aromatic N) is 2. The minimum Gasteiger partial charge on any atom is -0.336 e. The number of amides is 1. The minimum absolute atomic E-state index is 0.0250. The SMILES string of the molecule is CCN(CC1CCCN1)C(=O)c1ccc2ccccc2n1. The van der Waals surface area contributed by atoms with Crippen LogP contribution in [-0.2, 0) is 0 Å². The summed E-state index contributed by atoms with van der Waals surface area (Å²) in [6.07, 6.45) is 2.35. The van der Waals surface area contributed by atoms with Gasteiger partial charge in [0.05, 0.1) is 5.52 Å². The molecular weight excluding hydrogens is 262 g/mol. The second-order valence-electron chi connectivity index (χ2n) is 5.53. The highest BCUT2D eigenvalue weighted by atomic mass is 16.2. The van der Waals surface area contributed by atoms with Crippen LogP contribution in [0, 0.1) is 0 Å². The van der Waals surface area contributed by atoms with Crippen LogP contribution in [0.5, 0.6) is 0 Å². The molecule has 0 radical (unpaired) electrons. The van der Waals surface area contributed by atoms with Crippen molar-refractivity contribution in [1.82, 2.24) is 15.2 Å². The number of carbonyl (C=O) groups is 1. The smallest absolute Gasteiger partial charge is 0.272 e. The fourth-order valence-electron chi connectivity index (χ4n) is 2.88. The predicted molar refractivity (Wildman–Crippen MR) is 84.3 cm³/mol. The van der Waals surface area contributed by atoms with Gasteiger partial charge in [-0.05, 0) is 38.4 Å². The van der Waals surface area contributed by atoms with Gasteiger partial charge in [0.1, 0.15) is 5.69 Å². The Balaban J connectivity index is 1.80. The summed E-state index contributed by atoms with van der Waals surface area (Å²) in [4.78, 5) is 19.0. The highest BCUT2D eigenvalue weighted by molar-refractivity contribution is 5.94. The van der Waals surface area contributed by atoms with Gasteiger partial charge in [0.25, 0.3) is 5.91 Å². The lowest BCUT2D eigenvalue weighted by molar-refractivity contribution is 0.0746. The van der Waals surface area contributed by atoms with Gasteiger partial charge in [-0.25, -0.2) is 4.98 Å². The molecule has 1 amide bonds. The van der Waals surface area contributed by atoms with E-state index in [4.69, 9.17) is 0 Å². The van der Waals surface area contributed by atoms with Crippen molar-refractivity contribution in [2.45, 2.75) is 25.8 Å². The Morgan fingerprint density at radius 3 is 2.95 bits per heavy atom. The van der Waals surface area contributed by atoms with Crippen LogP contribution in [0.1, 0.15) is 30.3 Å². The fourth-order valence-corrected chi connectivity index (χ4v) is 2.88. The van der Waals surface area contributed by atoms with Crippen molar-refractivity contribution in [2.75, 3.05) is 19.6 Å². The van der Waals surface area contributed by atoms with Gasteiger partial charge in [-0.15, -0.1) is 0 Å². The molecule has 1 N–H and O–H groups in total. The van der Waals surface area contributed by atoms with E-state index < -0.39 is 0 Å². The number of fused-ring (bicyclic) bond motifs is 1. The largest absolute Gasteiger partial charge is 0.336 e. The third-order valence-corrected chi connectivity index (χ3v) is 4.09. The monoisotopic (exact) mass is 283 g/mol. The summed E-state index contributed by atoms with van der Waals surface area (Å²) >= 11 is 0. The zero-order chi connectivity index (χ0) is 14.7. The molecule has 1 saturated heterocycles. The minimum atomic E-state index is 0.0250. The summed E-state index contributed by atoms with van der Waals surface area (Å²) in [5, 5.41) is 4.51. The number of benzene rings is 1. The highest BCUT2D eigenvalue weighted by Gasteiger charge is 2.22. The van der Waals surface area contributed by atoms with Crippen LogP contribution >= 0.6 is 0 Å². The van der Waals surface area contributed by atoms with Crippen LogP contribution in [0.4, 0.5) is 0 Å². The van der Waals surface area contributed by atoms with Gasteiger partial charge in [-0.3, -0.25) is 4.79 Å². The molecule has 0 spiro atoms. The van der Waals surface area contributed by atoms with Gasteiger partial charge >= 0.3 is 0 Å². The van der Waals surface area contributed by atoms with E-state index in [1.807, 2.05) is 48.2 Å². The Bertz CT molecular complexity index is 635. The Morgan fingerprint density at radius 1 is 1.33 bits per heavy atom. The van der Waals surface area contributed by atoms with Crippen molar-refractivity contribution in [3.8, 4) is 0 Å². The van der Waals surface area contributed by atoms with E-state index in [2.05, 4.69) is 10.3 Å². The molecule has 4 nitrogen and oxygen atoms in total. The first-order valence-corrected chi connectivity index (χ1v) is 7.66. The molecule has 0 saturated carbocycles. The number of pyridine rings is 1. The molecular formula is C17H21N3O. The fraction of sp³-hybridized carbons (Fsp3) is 0.412. The van der Waals surface area contributed by atoms with Crippen LogP contribution in [0.2, 0.25) is 0 Å². The molecule has 1 aromatic heterocycles. The molecule has 4 heteroatoms. The lowest BCUT2D eigenvalue weighted by atomic mass is 10.1. The molecule has 3 rings (SSSR count). The van der Waals surface area contributed by atoms with E-state index in [0.29, 0.717) is 18.3 Å². The van der Waals surface area contributed by atoms with Crippen LogP contribution < -0.4 is 5.32 Å². The maximum atomic E-state index is 12.6. The average Bonchev–Trinajstić information content (AvgIpc) is 3.04. The number of likely N-dealkylation sites (N-methyl/N-ethyl adjacent to an activating group) is 1. The maximum Gasteiger partial charge on any atom is 0.272 e. The summed E-state index contributed by atoms with van der Waals surface area (Å²) < 4.78 is 0. The van der Waals surface area contributed by atoms with Crippen molar-refractivity contribution < 1.29 is 4.79 Å². The van der Waals surface area contributed by atoms with Gasteiger partial charge in [-0.2, -0.15) is 0 Å². The topological polar surface area (TPSA) is 45.2 Å². The van der Waals surface area contributed by atoms with E-state index in [1.165, 1.54) is 6.42 Å². The molecule has 2 heterocycles. The molecule has 0 bridgehead atoms. The highest BCUT2D eigenvalue weighted by Crippen LogP contribution is 2.14. The number of aromatic nitrogens is 1. The first kappa shape index (κ1) is 14.0. The van der Waals surface area contributed by atoms with E-state index in [0.717, 1.165) is 30.4 Å². The lowest BCUT2D eigenvalue weighted by Gasteiger charge is -2.24. The number of para-hydroxylation sites is 1. The summed E-state index contributed by atoms with van der Waals surface area (Å²) in [7, 11) is 0. The molecule has 21 heavy (non-hydrogen) atoms. The third-order valence-electron chi connectivity index (χ3n) is 4.09. The van der Waals surface area contributed by atoms with Crippen molar-refractivity contribution >= 4 is 16.8 Å². The van der Waals surface area contributed by atoms with Gasteiger partial charge < -0.3 is 10.2 Å². The average molecular weight is 283 g/mol. The van der Waals surface area contributed by atoms with Gasteiger partial charge in [-0.1, -0.05) is 24.3 Å². The molecule has 0 aliphatic carbocycles. The van der Waals surface area contributed by atoms with Crippen LogP contribution in [0.15, 0.2) is 36.4 Å². The molecule has 1 atom stereocenters. The summed E-state index contributed by atoms with van der Waals surface area (Å²) in [6.45, 7) is 4.56. The van der Waals surface area contributed by atoms with E-state index in [9.17, 15) is 4.79 Å². The zero-order valence-electron chi connectivity index (χ0n) is 12.4. The third kappa shape index (κ3) is 3.05. The number of hydrogen-bond donors (Lipinski definition) is 1. The Kier molecular flexibility index (Phi) is 4.15. The normalized spacial score (nSPS) is 18.0. The van der Waals surface area contributed by atoms with Crippen LogP contribution in [0.25, 0.3) is 10.9 Å². The van der Waals surface area contributed by atoms with Crippen molar-refractivity contribution in [3.63, 3.8) is 0 Å². The zero-order valence-corrected chi connectivity index (χ0v) is 12.4. The van der Waals surface area contributed by atoms with Crippen molar-refractivity contribution in [2.24, 2.45) is 0 Å². The van der Waals surface area contributed by atoms with Crippen LogP contribution in [-0.4, -0.2) is 41.5 Å². The second-order valence-corrected chi connectivity index (χ2v) is 5.53. The molecule has 110 valence electrons. The standard InChI is InChI=1S/C17H21N3O/c1-2-20(12-14-7-5-11-18-14)17(21)16-10-9-13-6-3-4-8-15(13)19-16/h3-4,6,8-10,14,18H,2,5,7,11-12H2,1H3. The van der Waals surface area contributed by atoms with Crippen molar-refractivity contribution in [1.29, 1.82) is 0 Å². The lowest BCUT2D eigenvalue weighted by Crippen LogP contribution is -2.41. The van der Waals surface area contributed by atoms with Gasteiger partial charge in [0.15, 0.2) is 0 Å². The molecule has 2 aromatic rings. The maximum absolute atomic E-state index is 12.6. The Morgan fingerprint density at radius 2 is 2.19 bits per heavy atom. The van der Waals surface area contributed by atoms with E-state index in [-0.39, 0.29) is 5.91 Å². The van der Waals surface area contributed by atoms with Gasteiger partial charge in [0.2, 0.25) is 0 Å². The number of carbonyl (C=O) groups excluding carboxylic acids is 1. The molecule has 1 fully saturated rings. The quantitative estimate of drug-likeness (QED) is 0.937. The van der Waals surface area contributed by atoms with Crippen molar-refractivity contribution in [3.05, 3.63) is 42.1 Å². The number of nitrogens with one attached hydrogen (secondary N) is 1. The van der Waals surface area contributed by atoms with Crippen LogP contribution in [0.3, 0.4) is 0 Å². The summed E-state index contributed by atoms with van der Waals surface area (Å²) in [5.74, 6) is 0.0250. The molecule has 1 aliphatic rings. The molecule has 1 aliphatic heterocycles. The predicted octanol–water partition coefficient (Wildman–Crippen LogP) is 2.45. The summed E-state index contributed by atoms with van der Waals surface area (Å²) in [5.41, 5.74) is 1.41.